The van der Waals surface area contributed by atoms with E-state index in [1.54, 1.807) is 19.1 Å². The number of nitrogens with two attached hydrogens (primary N) is 2. The number of nitrogens with one attached hydrogen (secondary N) is 1. The van der Waals surface area contributed by atoms with E-state index < -0.39 is 24.0 Å². The van der Waals surface area contributed by atoms with Gasteiger partial charge in [-0.05, 0) is 62.5 Å². The molecule has 12 nitrogen and oxygen atoms in total. The van der Waals surface area contributed by atoms with E-state index in [0.29, 0.717) is 42.1 Å². The average Bonchev–Trinajstić information content (AvgIpc) is 2.97. The van der Waals surface area contributed by atoms with Crippen LogP contribution in [0.4, 0.5) is 11.6 Å². The Morgan fingerprint density at radius 1 is 1.14 bits per heavy atom. The largest absolute Gasteiger partial charge is 0.392 e. The minimum absolute atomic E-state index is 0.00691. The number of anilines is 2. The topological polar surface area (TPSA) is 174 Å². The summed E-state index contributed by atoms with van der Waals surface area (Å²) in [5.74, 6) is -0.877. The van der Waals surface area contributed by atoms with Gasteiger partial charge in [0.25, 0.3) is 11.8 Å². The van der Waals surface area contributed by atoms with Crippen LogP contribution in [0.1, 0.15) is 60.8 Å². The predicted octanol–water partition coefficient (Wildman–Crippen LogP) is 1.56. The van der Waals surface area contributed by atoms with Gasteiger partial charge in [0.05, 0.1) is 6.10 Å². The fourth-order valence-corrected chi connectivity index (χ4v) is 6.21. The molecule has 2 amide bonds. The van der Waals surface area contributed by atoms with Crippen molar-refractivity contribution in [3.05, 3.63) is 45.2 Å². The normalized spacial score (nSPS) is 20.3. The Morgan fingerprint density at radius 3 is 2.50 bits per heavy atom. The summed E-state index contributed by atoms with van der Waals surface area (Å²) < 4.78 is 0. The van der Waals surface area contributed by atoms with Crippen LogP contribution < -0.4 is 21.7 Å². The summed E-state index contributed by atoms with van der Waals surface area (Å²) in [6, 6.07) is 5.90. The molecule has 14 heteroatoms. The van der Waals surface area contributed by atoms with Crippen molar-refractivity contribution in [1.82, 2.24) is 25.1 Å². The van der Waals surface area contributed by atoms with Crippen molar-refractivity contribution in [2.45, 2.75) is 63.9 Å². The molecule has 7 N–H and O–H groups in total. The average molecular weight is 624 g/mol. The number of rotatable bonds is 10. The van der Waals surface area contributed by atoms with Gasteiger partial charge < -0.3 is 31.9 Å². The first-order valence-electron chi connectivity index (χ1n) is 14.3. The van der Waals surface area contributed by atoms with Crippen LogP contribution in [0.25, 0.3) is 0 Å². The number of benzene rings is 1. The predicted molar refractivity (Wildman–Crippen MR) is 162 cm³/mol. The van der Waals surface area contributed by atoms with Crippen molar-refractivity contribution in [2.75, 3.05) is 49.9 Å². The minimum atomic E-state index is -1.39. The Kier molecular flexibility index (Phi) is 10.8. The van der Waals surface area contributed by atoms with Gasteiger partial charge in [0, 0.05) is 49.8 Å². The summed E-state index contributed by atoms with van der Waals surface area (Å²) in [5.41, 5.74) is 12.7. The Balaban J connectivity index is 1.37. The van der Waals surface area contributed by atoms with E-state index in [9.17, 15) is 19.8 Å². The Bertz CT molecular complexity index is 1270. The summed E-state index contributed by atoms with van der Waals surface area (Å²) in [6.07, 6.45) is 0.820. The van der Waals surface area contributed by atoms with Gasteiger partial charge in [0.2, 0.25) is 0 Å². The van der Waals surface area contributed by atoms with Crippen LogP contribution in [0.3, 0.4) is 0 Å². The standard InChI is InChI=1S/C28H40Cl2N8O4/c1-3-19-15-37(27-24(30)34-22(25(31)35-27)28(42)33-13-16(2)39)10-11-38(19)20-6-8-36(9-7-20)14-17-4-5-18(29)12-21(17)23(40)26(32)41/h4-5,12,16,19-20,23,39-40H,3,6-11,13-15H2,1-2H3,(H2,31,35)(H2,32,41)(H,33,42)/t16-,19+,23+/m1/s1. The van der Waals surface area contributed by atoms with Crippen molar-refractivity contribution >= 4 is 46.7 Å². The number of hydrogen-bond acceptors (Lipinski definition) is 10. The highest BCUT2D eigenvalue weighted by atomic mass is 35.5. The van der Waals surface area contributed by atoms with Gasteiger partial charge in [0.15, 0.2) is 28.6 Å². The van der Waals surface area contributed by atoms with Crippen LogP contribution >= 0.6 is 23.2 Å². The summed E-state index contributed by atoms with van der Waals surface area (Å²) in [4.78, 5) is 39.7. The van der Waals surface area contributed by atoms with E-state index in [1.165, 1.54) is 0 Å². The fourth-order valence-electron chi connectivity index (χ4n) is 5.78. The lowest BCUT2D eigenvalue weighted by atomic mass is 9.96. The number of aliphatic hydroxyl groups excluding tert-OH is 2. The second kappa shape index (κ2) is 14.2. The first-order chi connectivity index (χ1) is 20.0. The number of aliphatic hydroxyl groups is 2. The highest BCUT2D eigenvalue weighted by Gasteiger charge is 2.35. The van der Waals surface area contributed by atoms with Crippen LogP contribution in [0.15, 0.2) is 18.2 Å². The summed E-state index contributed by atoms with van der Waals surface area (Å²) in [6.45, 7) is 8.37. The molecule has 2 fully saturated rings. The molecule has 2 aromatic rings. The van der Waals surface area contributed by atoms with E-state index in [1.807, 2.05) is 6.07 Å². The number of halogens is 2. The molecule has 2 saturated heterocycles. The maximum Gasteiger partial charge on any atom is 0.273 e. The molecule has 0 spiro atoms. The third-order valence-electron chi connectivity index (χ3n) is 8.03. The molecule has 3 heterocycles. The Labute approximate surface area is 256 Å². The number of nitrogens with zero attached hydrogens (tertiary/aromatic N) is 5. The van der Waals surface area contributed by atoms with Crippen molar-refractivity contribution in [1.29, 1.82) is 0 Å². The van der Waals surface area contributed by atoms with E-state index in [4.69, 9.17) is 34.7 Å². The van der Waals surface area contributed by atoms with Crippen LogP contribution in [-0.2, 0) is 11.3 Å². The van der Waals surface area contributed by atoms with E-state index in [0.717, 1.165) is 44.5 Å². The SMILES string of the molecule is CC[C@H]1CN(c2nc(N)c(C(=O)NC[C@@H](C)O)nc2Cl)CCN1C1CCN(Cc2ccc(Cl)cc2[C@H](O)C(N)=O)CC1. The van der Waals surface area contributed by atoms with Crippen molar-refractivity contribution in [3.63, 3.8) is 0 Å². The number of piperazine rings is 1. The molecule has 1 aromatic heterocycles. The molecular weight excluding hydrogens is 583 g/mol. The molecule has 1 aromatic carbocycles. The van der Waals surface area contributed by atoms with Gasteiger partial charge in [0.1, 0.15) is 0 Å². The molecule has 2 aliphatic rings. The number of likely N-dealkylation sites (tertiary alicyclic amines) is 1. The third kappa shape index (κ3) is 7.61. The number of hydrogen-bond donors (Lipinski definition) is 5. The molecule has 230 valence electrons. The molecule has 0 radical (unpaired) electrons. The number of carbonyl (C=O) groups excluding carboxylic acids is 2. The van der Waals surface area contributed by atoms with Crippen LogP contribution in [-0.4, -0.2) is 99.3 Å². The zero-order chi connectivity index (χ0) is 30.6. The third-order valence-corrected chi connectivity index (χ3v) is 8.52. The molecule has 0 aliphatic carbocycles. The van der Waals surface area contributed by atoms with E-state index in [2.05, 4.69) is 36.9 Å². The van der Waals surface area contributed by atoms with Crippen LogP contribution in [0, 0.1) is 0 Å². The maximum absolute atomic E-state index is 12.4. The van der Waals surface area contributed by atoms with Crippen LogP contribution in [0.2, 0.25) is 10.2 Å². The zero-order valence-corrected chi connectivity index (χ0v) is 25.5. The van der Waals surface area contributed by atoms with Gasteiger partial charge in [-0.15, -0.1) is 0 Å². The zero-order valence-electron chi connectivity index (χ0n) is 24.0. The molecule has 3 atom stereocenters. The molecule has 0 saturated carbocycles. The summed E-state index contributed by atoms with van der Waals surface area (Å²) in [5, 5.41) is 22.9. The van der Waals surface area contributed by atoms with E-state index >= 15 is 0 Å². The molecule has 2 aliphatic heterocycles. The molecule has 4 rings (SSSR count). The van der Waals surface area contributed by atoms with Crippen molar-refractivity contribution in [3.8, 4) is 0 Å². The highest BCUT2D eigenvalue weighted by molar-refractivity contribution is 6.32. The van der Waals surface area contributed by atoms with E-state index in [-0.39, 0.29) is 29.3 Å². The monoisotopic (exact) mass is 622 g/mol. The molecule has 42 heavy (non-hydrogen) atoms. The van der Waals surface area contributed by atoms with Gasteiger partial charge in [-0.25, -0.2) is 9.97 Å². The van der Waals surface area contributed by atoms with Gasteiger partial charge in [-0.2, -0.15) is 0 Å². The smallest absolute Gasteiger partial charge is 0.273 e. The quantitative estimate of drug-likeness (QED) is 0.261. The van der Waals surface area contributed by atoms with Crippen molar-refractivity contribution in [2.24, 2.45) is 5.73 Å². The number of nitrogen functional groups attached to an aromatic ring is 1. The first kappa shape index (κ1) is 32.2. The van der Waals surface area contributed by atoms with Crippen molar-refractivity contribution < 1.29 is 19.8 Å². The lowest BCUT2D eigenvalue weighted by molar-refractivity contribution is -0.126. The number of primary amides is 1. The lowest BCUT2D eigenvalue weighted by Crippen LogP contribution is -2.58. The number of carbonyl (C=O) groups is 2. The Hall–Kier alpha value is -2.74. The number of piperidine rings is 1. The summed E-state index contributed by atoms with van der Waals surface area (Å²) in [7, 11) is 0. The maximum atomic E-state index is 12.4. The molecular formula is C28H40Cl2N8O4. The molecule has 0 unspecified atom stereocenters. The van der Waals surface area contributed by atoms with Gasteiger partial charge >= 0.3 is 0 Å². The Morgan fingerprint density at radius 2 is 1.86 bits per heavy atom. The lowest BCUT2D eigenvalue weighted by Gasteiger charge is -2.47. The molecule has 0 bridgehead atoms. The summed E-state index contributed by atoms with van der Waals surface area (Å²) >= 11 is 12.6. The fraction of sp³-hybridized carbons (Fsp3) is 0.571. The minimum Gasteiger partial charge on any atom is -0.392 e. The van der Waals surface area contributed by atoms with Gasteiger partial charge in [-0.1, -0.05) is 36.2 Å². The number of amides is 2. The second-order valence-corrected chi connectivity index (χ2v) is 11.8. The first-order valence-corrected chi connectivity index (χ1v) is 15.0. The number of aromatic nitrogens is 2. The second-order valence-electron chi connectivity index (χ2n) is 11.0. The van der Waals surface area contributed by atoms with Crippen LogP contribution in [0.5, 0.6) is 0 Å². The highest BCUT2D eigenvalue weighted by Crippen LogP contribution is 2.31. The van der Waals surface area contributed by atoms with Gasteiger partial charge in [-0.3, -0.25) is 19.4 Å².